The van der Waals surface area contributed by atoms with Gasteiger partial charge in [-0.3, -0.25) is 9.89 Å². The molecule has 2 fully saturated rings. The highest BCUT2D eigenvalue weighted by atomic mass is 79.9. The smallest absolute Gasteiger partial charge is 0.410 e. The molecule has 2 aliphatic heterocycles. The fraction of sp³-hybridized carbons (Fsp3) is 0.600. The second-order valence-electron chi connectivity index (χ2n) is 10.4. The van der Waals surface area contributed by atoms with Gasteiger partial charge in [0.25, 0.3) is 0 Å². The van der Waals surface area contributed by atoms with Crippen molar-refractivity contribution < 1.29 is 9.53 Å². The van der Waals surface area contributed by atoms with Crippen LogP contribution in [0.2, 0.25) is 5.28 Å². The van der Waals surface area contributed by atoms with Gasteiger partial charge in [-0.15, -0.1) is 9.24 Å². The Morgan fingerprint density at radius 1 is 1.31 bits per heavy atom. The Hall–Kier alpha value is -1.50. The maximum absolute atomic E-state index is 13.0. The van der Waals surface area contributed by atoms with Crippen molar-refractivity contribution in [2.24, 2.45) is 4.99 Å². The zero-order chi connectivity index (χ0) is 25.7. The summed E-state index contributed by atoms with van der Waals surface area (Å²) in [5.74, 6) is 0.797. The fourth-order valence-corrected chi connectivity index (χ4v) is 5.98. The second kappa shape index (κ2) is 10.1. The molecule has 0 aromatic carbocycles. The Bertz CT molecular complexity index is 1120. The lowest BCUT2D eigenvalue weighted by atomic mass is 9.92. The van der Waals surface area contributed by atoms with Crippen LogP contribution in [0.4, 0.5) is 10.6 Å². The summed E-state index contributed by atoms with van der Waals surface area (Å²) in [4.78, 5) is 31.5. The van der Waals surface area contributed by atoms with E-state index in [-0.39, 0.29) is 29.5 Å². The van der Waals surface area contributed by atoms with Gasteiger partial charge >= 0.3 is 6.09 Å². The van der Waals surface area contributed by atoms with Crippen LogP contribution in [0.3, 0.4) is 0 Å². The summed E-state index contributed by atoms with van der Waals surface area (Å²) in [6, 6.07) is 0.310. The van der Waals surface area contributed by atoms with Crippen LogP contribution in [0.5, 0.6) is 0 Å². The predicted molar refractivity (Wildman–Crippen MR) is 151 cm³/mol. The van der Waals surface area contributed by atoms with E-state index in [4.69, 9.17) is 26.3 Å². The molecule has 10 heteroatoms. The first-order valence-electron chi connectivity index (χ1n) is 12.2. The summed E-state index contributed by atoms with van der Waals surface area (Å²) >= 11 is 10.2. The number of ether oxygens (including phenoxy) is 1. The minimum atomic E-state index is -0.520. The van der Waals surface area contributed by atoms with Gasteiger partial charge in [0.1, 0.15) is 11.4 Å². The Morgan fingerprint density at radius 3 is 2.49 bits per heavy atom. The van der Waals surface area contributed by atoms with Crippen LogP contribution in [0, 0.1) is 0 Å². The summed E-state index contributed by atoms with van der Waals surface area (Å²) in [6.45, 7) is 13.3. The molecular formula is C25H34BrClN5O2P. The summed E-state index contributed by atoms with van der Waals surface area (Å²) in [7, 11) is 2.79. The zero-order valence-electron chi connectivity index (χ0n) is 21.2. The third-order valence-electron chi connectivity index (χ3n) is 6.70. The lowest BCUT2D eigenvalue weighted by Gasteiger charge is -2.42. The number of aromatic nitrogens is 2. The van der Waals surface area contributed by atoms with E-state index in [1.54, 1.807) is 0 Å². The Balaban J connectivity index is 1.75. The molecule has 0 radical (unpaired) electrons. The van der Waals surface area contributed by atoms with E-state index in [1.807, 2.05) is 32.6 Å². The van der Waals surface area contributed by atoms with E-state index in [1.165, 1.54) is 0 Å². The molecule has 1 amide bonds. The highest BCUT2D eigenvalue weighted by Gasteiger charge is 2.45. The second-order valence-corrected chi connectivity index (χ2v) is 12.1. The number of carbonyl (C=O) groups is 1. The molecule has 0 spiro atoms. The molecule has 7 nitrogen and oxygen atoms in total. The molecule has 4 rings (SSSR count). The number of piperazine rings is 1. The fourth-order valence-electron chi connectivity index (χ4n) is 4.97. The number of anilines is 1. The monoisotopic (exact) mass is 581 g/mol. The number of amides is 1. The molecule has 4 unspecified atom stereocenters. The molecule has 1 aromatic rings. The third kappa shape index (κ3) is 5.17. The van der Waals surface area contributed by atoms with Crippen molar-refractivity contribution in [2.45, 2.75) is 84.5 Å². The first-order valence-corrected chi connectivity index (χ1v) is 13.9. The Morgan fingerprint density at radius 2 is 1.94 bits per heavy atom. The number of aliphatic imine (C=N–C) groups is 1. The summed E-state index contributed by atoms with van der Waals surface area (Å²) < 4.78 is 6.62. The lowest BCUT2D eigenvalue weighted by molar-refractivity contribution is 0.0122. The van der Waals surface area contributed by atoms with Gasteiger partial charge in [-0.05, 0) is 81.4 Å². The maximum Gasteiger partial charge on any atom is 0.410 e. The SMILES string of the molecule is C/C=C1\C(=NC(C)CC)C(Br)=C(P)c2nc(Cl)nc(N3CC4CCC(C3)N4C(=O)OC(C)(C)C)c21. The first-order chi connectivity index (χ1) is 16.4. The normalized spacial score (nSPS) is 25.4. The Labute approximate surface area is 223 Å². The van der Waals surface area contributed by atoms with Gasteiger partial charge in [0.2, 0.25) is 5.28 Å². The molecule has 2 saturated heterocycles. The van der Waals surface area contributed by atoms with Crippen molar-refractivity contribution in [3.05, 3.63) is 27.1 Å². The summed E-state index contributed by atoms with van der Waals surface area (Å²) in [6.07, 6.45) is 4.67. The van der Waals surface area contributed by atoms with E-state index >= 15 is 0 Å². The largest absolute Gasteiger partial charge is 0.444 e. The molecule has 3 heterocycles. The predicted octanol–water partition coefficient (Wildman–Crippen LogP) is 6.31. The molecule has 3 aliphatic rings. The quantitative estimate of drug-likeness (QED) is 0.308. The van der Waals surface area contributed by atoms with Gasteiger partial charge in [0.05, 0.1) is 33.5 Å². The average Bonchev–Trinajstić information content (AvgIpc) is 3.06. The van der Waals surface area contributed by atoms with E-state index < -0.39 is 5.60 Å². The van der Waals surface area contributed by atoms with Crippen LogP contribution in [0.1, 0.15) is 72.1 Å². The molecule has 0 N–H and O–H groups in total. The van der Waals surface area contributed by atoms with E-state index in [0.717, 1.165) is 57.4 Å². The average molecular weight is 583 g/mol. The highest BCUT2D eigenvalue weighted by Crippen LogP contribution is 2.46. The minimum Gasteiger partial charge on any atom is -0.444 e. The zero-order valence-corrected chi connectivity index (χ0v) is 24.7. The van der Waals surface area contributed by atoms with Crippen LogP contribution in [0.25, 0.3) is 10.9 Å². The molecule has 35 heavy (non-hydrogen) atoms. The van der Waals surface area contributed by atoms with Crippen molar-refractivity contribution in [1.29, 1.82) is 0 Å². The van der Waals surface area contributed by atoms with Crippen molar-refractivity contribution in [3.63, 3.8) is 0 Å². The standard InChI is InChI=1S/C25H34BrClN5O2P/c1-7-13(3)28-19-16(8-2)17-20(21(35)18(19)26)29-23(27)30-22(17)31-11-14-9-10-15(12-31)32(14)24(33)34-25(4,5)6/h8,13-15H,7,9-12,35H2,1-6H3/b16-8-,28-19?. The number of fused-ring (bicyclic) bond motifs is 3. The van der Waals surface area contributed by atoms with E-state index in [2.05, 4.69) is 55.0 Å². The molecule has 2 bridgehead atoms. The third-order valence-corrected chi connectivity index (χ3v) is 8.66. The maximum atomic E-state index is 13.0. The van der Waals surface area contributed by atoms with E-state index in [0.29, 0.717) is 13.1 Å². The van der Waals surface area contributed by atoms with Crippen molar-refractivity contribution in [3.8, 4) is 0 Å². The van der Waals surface area contributed by atoms with Crippen molar-refractivity contribution >= 4 is 65.3 Å². The molecule has 0 saturated carbocycles. The van der Waals surface area contributed by atoms with Gasteiger partial charge in [-0.2, -0.15) is 4.98 Å². The molecule has 190 valence electrons. The first kappa shape index (κ1) is 26.6. The topological polar surface area (TPSA) is 70.9 Å². The summed E-state index contributed by atoms with van der Waals surface area (Å²) in [5, 5.41) is 1.12. The molecular weight excluding hydrogens is 549 g/mol. The number of hydrogen-bond acceptors (Lipinski definition) is 6. The van der Waals surface area contributed by atoms with Crippen molar-refractivity contribution in [2.75, 3.05) is 18.0 Å². The van der Waals surface area contributed by atoms with Gasteiger partial charge in [-0.25, -0.2) is 9.78 Å². The summed E-state index contributed by atoms with van der Waals surface area (Å²) in [5.41, 5.74) is 3.11. The number of nitrogens with zero attached hydrogens (tertiary/aromatic N) is 5. The van der Waals surface area contributed by atoms with Crippen molar-refractivity contribution in [1.82, 2.24) is 14.9 Å². The van der Waals surface area contributed by atoms with Gasteiger partial charge in [-0.1, -0.05) is 13.0 Å². The molecule has 1 aromatic heterocycles. The number of carbonyl (C=O) groups excluding carboxylic acids is 1. The number of allylic oxidation sites excluding steroid dienone is 3. The Kier molecular flexibility index (Phi) is 7.67. The van der Waals surface area contributed by atoms with Gasteiger partial charge in [0, 0.05) is 30.0 Å². The van der Waals surface area contributed by atoms with Gasteiger partial charge < -0.3 is 9.64 Å². The lowest BCUT2D eigenvalue weighted by Crippen LogP contribution is -2.57. The highest BCUT2D eigenvalue weighted by molar-refractivity contribution is 9.12. The number of halogens is 2. The number of hydrogen-bond donors (Lipinski definition) is 0. The van der Waals surface area contributed by atoms with Gasteiger partial charge in [0.15, 0.2) is 0 Å². The van der Waals surface area contributed by atoms with Crippen LogP contribution >= 0.6 is 36.8 Å². The van der Waals surface area contributed by atoms with Crippen LogP contribution < -0.4 is 4.90 Å². The molecule has 4 atom stereocenters. The van der Waals surface area contributed by atoms with Crippen LogP contribution in [-0.4, -0.2) is 63.5 Å². The number of rotatable bonds is 3. The molecule has 1 aliphatic carbocycles. The minimum absolute atomic E-state index is 0.0663. The van der Waals surface area contributed by atoms with Crippen LogP contribution in [-0.2, 0) is 4.74 Å². The van der Waals surface area contributed by atoms with E-state index in [9.17, 15) is 4.79 Å². The van der Waals surface area contributed by atoms with Crippen LogP contribution in [0.15, 0.2) is 15.6 Å².